The number of carbonyl (C=O) groups excluding carboxylic acids is 1. The number of carboxylic acid groups (broad SMARTS) is 1. The number of carboxylic acids is 1. The average molecular weight is 266 g/mol. The maximum atomic E-state index is 12.0. The topological polar surface area (TPSA) is 71.3 Å². The molecule has 1 aromatic heterocycles. The third kappa shape index (κ3) is 4.43. The molecule has 0 saturated heterocycles. The molecule has 106 valence electrons. The lowest BCUT2D eigenvalue weighted by atomic mass is 9.97. The molecule has 0 aliphatic rings. The van der Waals surface area contributed by atoms with E-state index in [1.165, 1.54) is 0 Å². The molecule has 1 heterocycles. The van der Waals surface area contributed by atoms with Gasteiger partial charge in [-0.2, -0.15) is 0 Å². The molecule has 0 aliphatic carbocycles. The van der Waals surface area contributed by atoms with Crippen LogP contribution in [0.4, 0.5) is 0 Å². The second-order valence-corrected chi connectivity index (χ2v) is 5.05. The van der Waals surface area contributed by atoms with Gasteiger partial charge < -0.3 is 15.0 Å². The minimum Gasteiger partial charge on any atom is -0.481 e. The van der Waals surface area contributed by atoms with E-state index in [1.54, 1.807) is 12.1 Å². The van der Waals surface area contributed by atoms with Crippen LogP contribution >= 0.6 is 0 Å². The first-order chi connectivity index (χ1) is 8.95. The number of hydrogen-bond acceptors (Lipinski definition) is 2. The summed E-state index contributed by atoms with van der Waals surface area (Å²) in [7, 11) is 0. The van der Waals surface area contributed by atoms with Crippen LogP contribution in [0.5, 0.6) is 0 Å². The van der Waals surface area contributed by atoms with Gasteiger partial charge in [0.1, 0.15) is 5.69 Å². The molecular weight excluding hydrogens is 244 g/mol. The number of amides is 1. The molecule has 0 radical (unpaired) electrons. The van der Waals surface area contributed by atoms with Crippen LogP contribution < -0.4 is 5.32 Å². The molecule has 1 amide bonds. The van der Waals surface area contributed by atoms with Crippen molar-refractivity contribution in [3.05, 3.63) is 24.0 Å². The lowest BCUT2D eigenvalue weighted by molar-refractivity contribution is -0.142. The van der Waals surface area contributed by atoms with E-state index >= 15 is 0 Å². The Balaban J connectivity index is 2.59. The first-order valence-corrected chi connectivity index (χ1v) is 6.61. The summed E-state index contributed by atoms with van der Waals surface area (Å²) in [5, 5.41) is 11.8. The molecule has 0 saturated carbocycles. The molecular formula is C14H22N2O3. The number of hydrogen-bond donors (Lipinski definition) is 2. The Labute approximate surface area is 113 Å². The predicted molar refractivity (Wildman–Crippen MR) is 73.0 cm³/mol. The molecule has 1 rings (SSSR count). The van der Waals surface area contributed by atoms with Crippen molar-refractivity contribution in [2.75, 3.05) is 6.54 Å². The van der Waals surface area contributed by atoms with E-state index in [9.17, 15) is 9.59 Å². The normalized spacial score (nSPS) is 12.4. The highest BCUT2D eigenvalue weighted by atomic mass is 16.4. The molecule has 2 N–H and O–H groups in total. The smallest absolute Gasteiger partial charge is 0.308 e. The molecule has 1 aromatic rings. The Morgan fingerprint density at radius 3 is 2.63 bits per heavy atom. The first-order valence-electron chi connectivity index (χ1n) is 6.61. The van der Waals surface area contributed by atoms with Crippen LogP contribution in [-0.2, 0) is 11.3 Å². The quantitative estimate of drug-likeness (QED) is 0.792. The van der Waals surface area contributed by atoms with E-state index in [0.29, 0.717) is 18.7 Å². The van der Waals surface area contributed by atoms with E-state index in [0.717, 1.165) is 0 Å². The Kier molecular flexibility index (Phi) is 5.60. The van der Waals surface area contributed by atoms with Crippen molar-refractivity contribution in [3.8, 4) is 0 Å². The van der Waals surface area contributed by atoms with Crippen LogP contribution in [0, 0.1) is 11.8 Å². The number of aryl methyl sites for hydroxylation is 1. The molecule has 1 atom stereocenters. The minimum absolute atomic E-state index is 0.168. The van der Waals surface area contributed by atoms with Crippen molar-refractivity contribution in [2.24, 2.45) is 11.8 Å². The van der Waals surface area contributed by atoms with Crippen LogP contribution in [0.2, 0.25) is 0 Å². The number of nitrogens with one attached hydrogen (secondary N) is 1. The van der Waals surface area contributed by atoms with Gasteiger partial charge in [-0.25, -0.2) is 0 Å². The fourth-order valence-corrected chi connectivity index (χ4v) is 2.04. The summed E-state index contributed by atoms with van der Waals surface area (Å²) >= 11 is 0. The zero-order chi connectivity index (χ0) is 14.4. The maximum Gasteiger partial charge on any atom is 0.308 e. The fraction of sp³-hybridized carbons (Fsp3) is 0.571. The predicted octanol–water partition coefficient (Wildman–Crippen LogP) is 1.98. The molecule has 0 spiro atoms. The third-order valence-electron chi connectivity index (χ3n) is 3.02. The summed E-state index contributed by atoms with van der Waals surface area (Å²) in [6.07, 6.45) is 2.39. The zero-order valence-electron chi connectivity index (χ0n) is 11.7. The van der Waals surface area contributed by atoms with Gasteiger partial charge in [0.25, 0.3) is 5.91 Å². The van der Waals surface area contributed by atoms with E-state index in [2.05, 4.69) is 5.32 Å². The monoisotopic (exact) mass is 266 g/mol. The Bertz CT molecular complexity index is 438. The second-order valence-electron chi connectivity index (χ2n) is 5.05. The Morgan fingerprint density at radius 2 is 2.11 bits per heavy atom. The molecule has 0 bridgehead atoms. The van der Waals surface area contributed by atoms with Crippen LogP contribution in [0.1, 0.15) is 37.7 Å². The average Bonchev–Trinajstić information content (AvgIpc) is 2.81. The summed E-state index contributed by atoms with van der Waals surface area (Å²) in [5.74, 6) is -1.33. The summed E-state index contributed by atoms with van der Waals surface area (Å²) in [6.45, 7) is 6.78. The van der Waals surface area contributed by atoms with Gasteiger partial charge in [-0.05, 0) is 31.4 Å². The molecule has 19 heavy (non-hydrogen) atoms. The lowest BCUT2D eigenvalue weighted by Crippen LogP contribution is -2.34. The fourth-order valence-electron chi connectivity index (χ4n) is 2.04. The highest BCUT2D eigenvalue weighted by Crippen LogP contribution is 2.11. The van der Waals surface area contributed by atoms with Gasteiger partial charge in [0.15, 0.2) is 0 Å². The SMILES string of the molecule is CCn1cccc1C(=O)NCC(CC(C)C)C(=O)O. The molecule has 0 aliphatic heterocycles. The number of aromatic nitrogens is 1. The van der Waals surface area contributed by atoms with Crippen molar-refractivity contribution in [2.45, 2.75) is 33.7 Å². The van der Waals surface area contributed by atoms with Crippen LogP contribution in [-0.4, -0.2) is 28.1 Å². The van der Waals surface area contributed by atoms with Gasteiger partial charge in [-0.15, -0.1) is 0 Å². The summed E-state index contributed by atoms with van der Waals surface area (Å²) in [6, 6.07) is 3.54. The van der Waals surface area contributed by atoms with Crippen molar-refractivity contribution in [1.82, 2.24) is 9.88 Å². The van der Waals surface area contributed by atoms with Crippen molar-refractivity contribution < 1.29 is 14.7 Å². The van der Waals surface area contributed by atoms with E-state index < -0.39 is 11.9 Å². The van der Waals surface area contributed by atoms with Crippen molar-refractivity contribution in [1.29, 1.82) is 0 Å². The summed E-state index contributed by atoms with van der Waals surface area (Å²) in [5.41, 5.74) is 0.566. The Morgan fingerprint density at radius 1 is 1.42 bits per heavy atom. The number of nitrogens with zero attached hydrogens (tertiary/aromatic N) is 1. The van der Waals surface area contributed by atoms with Gasteiger partial charge in [0, 0.05) is 19.3 Å². The zero-order valence-corrected chi connectivity index (χ0v) is 11.7. The third-order valence-corrected chi connectivity index (χ3v) is 3.02. The van der Waals surface area contributed by atoms with E-state index in [1.807, 2.05) is 31.5 Å². The van der Waals surface area contributed by atoms with E-state index in [-0.39, 0.29) is 18.4 Å². The maximum absolute atomic E-state index is 12.0. The van der Waals surface area contributed by atoms with Gasteiger partial charge in [-0.3, -0.25) is 9.59 Å². The molecule has 1 unspecified atom stereocenters. The molecule has 0 fully saturated rings. The number of aliphatic carboxylic acids is 1. The summed E-state index contributed by atoms with van der Waals surface area (Å²) < 4.78 is 1.83. The van der Waals surface area contributed by atoms with E-state index in [4.69, 9.17) is 5.11 Å². The molecule has 5 heteroatoms. The second kappa shape index (κ2) is 6.97. The van der Waals surface area contributed by atoms with Gasteiger partial charge in [-0.1, -0.05) is 13.8 Å². The standard InChI is InChI=1S/C14H22N2O3/c1-4-16-7-5-6-12(16)13(17)15-9-11(14(18)19)8-10(2)3/h5-7,10-11H,4,8-9H2,1-3H3,(H,15,17)(H,18,19). The van der Waals surface area contributed by atoms with Gasteiger partial charge in [0.2, 0.25) is 0 Å². The molecule has 5 nitrogen and oxygen atoms in total. The Hall–Kier alpha value is -1.78. The summed E-state index contributed by atoms with van der Waals surface area (Å²) in [4.78, 5) is 23.1. The minimum atomic E-state index is -0.861. The highest BCUT2D eigenvalue weighted by molar-refractivity contribution is 5.93. The first kappa shape index (κ1) is 15.3. The van der Waals surface area contributed by atoms with Crippen LogP contribution in [0.25, 0.3) is 0 Å². The highest BCUT2D eigenvalue weighted by Gasteiger charge is 2.20. The lowest BCUT2D eigenvalue weighted by Gasteiger charge is -2.15. The number of rotatable bonds is 7. The van der Waals surface area contributed by atoms with Crippen molar-refractivity contribution in [3.63, 3.8) is 0 Å². The largest absolute Gasteiger partial charge is 0.481 e. The van der Waals surface area contributed by atoms with Gasteiger partial charge in [0.05, 0.1) is 5.92 Å². The van der Waals surface area contributed by atoms with Crippen molar-refractivity contribution >= 4 is 11.9 Å². The van der Waals surface area contributed by atoms with Crippen LogP contribution in [0.15, 0.2) is 18.3 Å². The van der Waals surface area contributed by atoms with Crippen LogP contribution in [0.3, 0.4) is 0 Å². The number of carbonyl (C=O) groups is 2. The van der Waals surface area contributed by atoms with Gasteiger partial charge >= 0.3 is 5.97 Å². The molecule has 0 aromatic carbocycles.